The first-order valence-corrected chi connectivity index (χ1v) is 5.52. The highest BCUT2D eigenvalue weighted by molar-refractivity contribution is 5.80. The Labute approximate surface area is 105 Å². The molecule has 0 heterocycles. The van der Waals surface area contributed by atoms with Crippen LogP contribution in [-0.2, 0) is 4.79 Å². The maximum Gasteiger partial charge on any atom is 0.271 e. The molecule has 6 nitrogen and oxygen atoms in total. The first kappa shape index (κ1) is 14.0. The van der Waals surface area contributed by atoms with Crippen molar-refractivity contribution in [3.05, 3.63) is 33.9 Å². The molecular formula is C12H17N3O3. The van der Waals surface area contributed by atoms with Crippen LogP contribution >= 0.6 is 0 Å². The normalized spacial score (nSPS) is 11.1. The van der Waals surface area contributed by atoms with Crippen molar-refractivity contribution in [3.63, 3.8) is 0 Å². The Hall–Kier alpha value is -2.11. The average Bonchev–Trinajstić information content (AvgIpc) is 2.25. The zero-order chi connectivity index (χ0) is 13.9. The Morgan fingerprint density at radius 1 is 1.44 bits per heavy atom. The molecule has 0 aromatic heterocycles. The van der Waals surface area contributed by atoms with Crippen LogP contribution in [0.1, 0.15) is 19.4 Å². The fourth-order valence-corrected chi connectivity index (χ4v) is 1.38. The SMILES string of the molecule is Cc1cc(NCC(C)(C)C(N)=O)cc([N+](=O)[O-])c1. The molecule has 1 amide bonds. The van der Waals surface area contributed by atoms with E-state index in [1.54, 1.807) is 26.8 Å². The lowest BCUT2D eigenvalue weighted by Crippen LogP contribution is -2.37. The summed E-state index contributed by atoms with van der Waals surface area (Å²) >= 11 is 0. The van der Waals surface area contributed by atoms with Crippen LogP contribution in [0, 0.1) is 22.5 Å². The van der Waals surface area contributed by atoms with E-state index in [4.69, 9.17) is 5.73 Å². The van der Waals surface area contributed by atoms with Crippen LogP contribution < -0.4 is 11.1 Å². The summed E-state index contributed by atoms with van der Waals surface area (Å²) in [4.78, 5) is 21.4. The van der Waals surface area contributed by atoms with Gasteiger partial charge in [0, 0.05) is 24.4 Å². The molecule has 3 N–H and O–H groups in total. The van der Waals surface area contributed by atoms with Crippen LogP contribution in [0.4, 0.5) is 11.4 Å². The zero-order valence-corrected chi connectivity index (χ0v) is 10.7. The van der Waals surface area contributed by atoms with Gasteiger partial charge in [0.05, 0.1) is 10.3 Å². The van der Waals surface area contributed by atoms with Crippen LogP contribution in [0.25, 0.3) is 0 Å². The number of rotatable bonds is 5. The number of nitrogens with zero attached hydrogens (tertiary/aromatic N) is 1. The topological polar surface area (TPSA) is 98.3 Å². The van der Waals surface area contributed by atoms with Crippen molar-refractivity contribution in [1.29, 1.82) is 0 Å². The predicted octanol–water partition coefficient (Wildman–Crippen LogP) is 1.83. The lowest BCUT2D eigenvalue weighted by molar-refractivity contribution is -0.384. The lowest BCUT2D eigenvalue weighted by Gasteiger charge is -2.21. The van der Waals surface area contributed by atoms with E-state index in [9.17, 15) is 14.9 Å². The first-order valence-electron chi connectivity index (χ1n) is 5.52. The number of primary amides is 1. The molecule has 0 aliphatic heterocycles. The van der Waals surface area contributed by atoms with E-state index in [0.29, 0.717) is 12.2 Å². The van der Waals surface area contributed by atoms with E-state index < -0.39 is 16.2 Å². The number of amides is 1. The quantitative estimate of drug-likeness (QED) is 0.616. The summed E-state index contributed by atoms with van der Waals surface area (Å²) in [5.74, 6) is -0.419. The van der Waals surface area contributed by atoms with Crippen LogP contribution in [0.3, 0.4) is 0 Å². The van der Waals surface area contributed by atoms with Gasteiger partial charge in [-0.15, -0.1) is 0 Å². The van der Waals surface area contributed by atoms with E-state index in [-0.39, 0.29) is 5.69 Å². The van der Waals surface area contributed by atoms with E-state index in [2.05, 4.69) is 5.32 Å². The molecule has 1 aromatic rings. The highest BCUT2D eigenvalue weighted by atomic mass is 16.6. The molecule has 1 rings (SSSR count). The number of nitrogens with one attached hydrogen (secondary N) is 1. The molecule has 0 bridgehead atoms. The predicted molar refractivity (Wildman–Crippen MR) is 69.3 cm³/mol. The number of nitrogens with two attached hydrogens (primary N) is 1. The number of benzene rings is 1. The van der Waals surface area contributed by atoms with Crippen molar-refractivity contribution >= 4 is 17.3 Å². The van der Waals surface area contributed by atoms with E-state index >= 15 is 0 Å². The Morgan fingerprint density at radius 3 is 2.56 bits per heavy atom. The molecular weight excluding hydrogens is 234 g/mol. The number of nitro groups is 1. The van der Waals surface area contributed by atoms with Gasteiger partial charge in [-0.1, -0.05) is 0 Å². The average molecular weight is 251 g/mol. The fraction of sp³-hybridized carbons (Fsp3) is 0.417. The Morgan fingerprint density at radius 2 is 2.06 bits per heavy atom. The summed E-state index contributed by atoms with van der Waals surface area (Å²) in [5.41, 5.74) is 5.96. The highest BCUT2D eigenvalue weighted by Gasteiger charge is 2.24. The van der Waals surface area contributed by atoms with Crippen LogP contribution in [-0.4, -0.2) is 17.4 Å². The minimum atomic E-state index is -0.710. The van der Waals surface area contributed by atoms with Crippen molar-refractivity contribution in [3.8, 4) is 0 Å². The van der Waals surface area contributed by atoms with Gasteiger partial charge in [0.15, 0.2) is 0 Å². The lowest BCUT2D eigenvalue weighted by atomic mass is 9.92. The maximum atomic E-state index is 11.2. The largest absolute Gasteiger partial charge is 0.384 e. The summed E-state index contributed by atoms with van der Waals surface area (Å²) in [5, 5.41) is 13.7. The maximum absolute atomic E-state index is 11.2. The van der Waals surface area contributed by atoms with Crippen molar-refractivity contribution in [2.45, 2.75) is 20.8 Å². The fourth-order valence-electron chi connectivity index (χ4n) is 1.38. The molecule has 0 aliphatic rings. The van der Waals surface area contributed by atoms with Crippen LogP contribution in [0.5, 0.6) is 0 Å². The van der Waals surface area contributed by atoms with E-state index in [1.807, 2.05) is 0 Å². The number of anilines is 1. The highest BCUT2D eigenvalue weighted by Crippen LogP contribution is 2.22. The number of non-ortho nitro benzene ring substituents is 1. The summed E-state index contributed by atoms with van der Waals surface area (Å²) < 4.78 is 0. The van der Waals surface area contributed by atoms with Crippen LogP contribution in [0.2, 0.25) is 0 Å². The number of carbonyl (C=O) groups is 1. The molecule has 0 fully saturated rings. The minimum absolute atomic E-state index is 0.0226. The second-order valence-electron chi connectivity index (χ2n) is 4.92. The van der Waals surface area contributed by atoms with Gasteiger partial charge >= 0.3 is 0 Å². The van der Waals surface area contributed by atoms with Crippen molar-refractivity contribution in [2.24, 2.45) is 11.1 Å². The van der Waals surface area contributed by atoms with Gasteiger partial charge in [0.1, 0.15) is 0 Å². The monoisotopic (exact) mass is 251 g/mol. The van der Waals surface area contributed by atoms with E-state index in [1.165, 1.54) is 12.1 Å². The third-order valence-electron chi connectivity index (χ3n) is 2.67. The third-order valence-corrected chi connectivity index (χ3v) is 2.67. The molecule has 0 atom stereocenters. The van der Waals surface area contributed by atoms with Crippen molar-refractivity contribution in [1.82, 2.24) is 0 Å². The summed E-state index contributed by atoms with van der Waals surface area (Å²) in [6.07, 6.45) is 0. The Balaban J connectivity index is 2.86. The summed E-state index contributed by atoms with van der Waals surface area (Å²) in [7, 11) is 0. The molecule has 1 aromatic carbocycles. The van der Waals surface area contributed by atoms with Gasteiger partial charge in [-0.25, -0.2) is 0 Å². The zero-order valence-electron chi connectivity index (χ0n) is 10.7. The van der Waals surface area contributed by atoms with Gasteiger partial charge in [0.25, 0.3) is 5.69 Å². The number of nitro benzene ring substituents is 1. The Kier molecular flexibility index (Phi) is 3.90. The van der Waals surface area contributed by atoms with Crippen molar-refractivity contribution in [2.75, 3.05) is 11.9 Å². The summed E-state index contributed by atoms with van der Waals surface area (Å²) in [6, 6.07) is 4.71. The Bertz CT molecular complexity index is 483. The van der Waals surface area contributed by atoms with Gasteiger partial charge in [-0.05, 0) is 32.4 Å². The molecule has 0 radical (unpaired) electrons. The second kappa shape index (κ2) is 5.03. The van der Waals surface area contributed by atoms with Gasteiger partial charge in [-0.2, -0.15) is 0 Å². The van der Waals surface area contributed by atoms with Gasteiger partial charge < -0.3 is 11.1 Å². The molecule has 0 aliphatic carbocycles. The molecule has 0 saturated carbocycles. The van der Waals surface area contributed by atoms with Gasteiger partial charge in [0.2, 0.25) is 5.91 Å². The minimum Gasteiger partial charge on any atom is -0.384 e. The van der Waals surface area contributed by atoms with Crippen molar-refractivity contribution < 1.29 is 9.72 Å². The molecule has 98 valence electrons. The van der Waals surface area contributed by atoms with E-state index in [0.717, 1.165) is 5.56 Å². The molecule has 6 heteroatoms. The standard InChI is InChI=1S/C12H17N3O3/c1-8-4-9(6-10(5-8)15(17)18)14-7-12(2,3)11(13)16/h4-6,14H,7H2,1-3H3,(H2,13,16). The first-order chi connectivity index (χ1) is 8.22. The molecule has 0 saturated heterocycles. The molecule has 18 heavy (non-hydrogen) atoms. The van der Waals surface area contributed by atoms with Crippen LogP contribution in [0.15, 0.2) is 18.2 Å². The summed E-state index contributed by atoms with van der Waals surface area (Å²) in [6.45, 7) is 5.53. The number of hydrogen-bond donors (Lipinski definition) is 2. The molecule has 0 unspecified atom stereocenters. The smallest absolute Gasteiger partial charge is 0.271 e. The third kappa shape index (κ3) is 3.44. The number of carbonyl (C=O) groups excluding carboxylic acids is 1. The number of hydrogen-bond acceptors (Lipinski definition) is 4. The van der Waals surface area contributed by atoms with Gasteiger partial charge in [-0.3, -0.25) is 14.9 Å². The number of aryl methyl sites for hydroxylation is 1. The molecule has 0 spiro atoms. The second-order valence-corrected chi connectivity index (χ2v) is 4.92.